The Kier molecular flexibility index (Phi) is 8.40. The van der Waals surface area contributed by atoms with Crippen molar-refractivity contribution in [3.05, 3.63) is 62.0 Å². The van der Waals surface area contributed by atoms with Crippen molar-refractivity contribution in [3.63, 3.8) is 0 Å². The molecule has 3 N–H and O–H groups in total. The van der Waals surface area contributed by atoms with Crippen molar-refractivity contribution in [2.75, 3.05) is 6.61 Å². The molecule has 2 amide bonds. The number of carbonyl (C=O) groups excluding carboxylic acids is 2. The molecule has 0 radical (unpaired) electrons. The monoisotopic (exact) mass is 555 g/mol. The molecule has 9 heteroatoms. The summed E-state index contributed by atoms with van der Waals surface area (Å²) in [6.07, 6.45) is 0. The molecule has 0 heterocycles. The van der Waals surface area contributed by atoms with Gasteiger partial charge in [-0.2, -0.15) is 0 Å². The summed E-state index contributed by atoms with van der Waals surface area (Å²) in [5.74, 6) is -0.250. The van der Waals surface area contributed by atoms with Crippen molar-refractivity contribution >= 4 is 61.0 Å². The largest absolute Gasteiger partial charge is 0.484 e. The maximum absolute atomic E-state index is 12.4. The molecule has 0 saturated heterocycles. The van der Waals surface area contributed by atoms with Gasteiger partial charge < -0.3 is 4.74 Å². The smallest absolute Gasteiger partial charge is 0.276 e. The van der Waals surface area contributed by atoms with Crippen LogP contribution in [-0.4, -0.2) is 23.5 Å². The first-order valence-electron chi connectivity index (χ1n) is 9.06. The zero-order chi connectivity index (χ0) is 22.5. The van der Waals surface area contributed by atoms with Gasteiger partial charge in [0, 0.05) is 14.5 Å². The molecule has 160 valence electrons. The molecule has 0 unspecified atom stereocenters. The summed E-state index contributed by atoms with van der Waals surface area (Å²) in [5, 5.41) is 2.50. The normalized spacial score (nSPS) is 10.9. The number of hydrazine groups is 1. The van der Waals surface area contributed by atoms with E-state index >= 15 is 0 Å². The van der Waals surface area contributed by atoms with Gasteiger partial charge in [0.2, 0.25) is 0 Å². The van der Waals surface area contributed by atoms with Gasteiger partial charge in [0.05, 0.1) is 0 Å². The molecule has 0 bridgehead atoms. The van der Waals surface area contributed by atoms with Crippen LogP contribution in [0.25, 0.3) is 0 Å². The number of benzene rings is 2. The number of ether oxygens (including phenoxy) is 1. The molecule has 6 nitrogen and oxygen atoms in total. The van der Waals surface area contributed by atoms with Crippen LogP contribution in [0, 0.1) is 6.92 Å². The molecule has 0 saturated carbocycles. The SMILES string of the molecule is Cc1cc(OCC(=O)NNC(=S)NC(=O)c2ccc(C(C)(C)C)c(Br)c2)ccc1Br. The number of thiocarbonyl (C=S) groups is 1. The first-order valence-corrected chi connectivity index (χ1v) is 11.1. The van der Waals surface area contributed by atoms with E-state index in [1.165, 1.54) is 0 Å². The van der Waals surface area contributed by atoms with Gasteiger partial charge in [0.15, 0.2) is 11.7 Å². The first kappa shape index (κ1) is 24.3. The van der Waals surface area contributed by atoms with E-state index in [-0.39, 0.29) is 23.0 Å². The Balaban J connectivity index is 1.82. The van der Waals surface area contributed by atoms with Crippen LogP contribution in [-0.2, 0) is 10.2 Å². The lowest BCUT2D eigenvalue weighted by molar-refractivity contribution is -0.123. The second-order valence-corrected chi connectivity index (χ2v) is 9.72. The maximum atomic E-state index is 12.4. The van der Waals surface area contributed by atoms with Crippen molar-refractivity contribution in [2.24, 2.45) is 0 Å². The zero-order valence-electron chi connectivity index (χ0n) is 17.1. The standard InChI is InChI=1S/C21H23Br2N3O3S/c1-12-9-14(6-8-16(12)22)29-11-18(27)25-26-20(30)24-19(28)13-5-7-15(17(23)10-13)21(2,3)4/h5-10H,11H2,1-4H3,(H,25,27)(H2,24,26,28,30). The molecule has 0 atom stereocenters. The number of amides is 2. The topological polar surface area (TPSA) is 79.5 Å². The predicted molar refractivity (Wildman–Crippen MR) is 129 cm³/mol. The van der Waals surface area contributed by atoms with E-state index in [1.54, 1.807) is 18.2 Å². The van der Waals surface area contributed by atoms with Gasteiger partial charge in [-0.3, -0.25) is 25.8 Å². The van der Waals surface area contributed by atoms with Crippen LogP contribution >= 0.6 is 44.1 Å². The van der Waals surface area contributed by atoms with Gasteiger partial charge in [-0.05, 0) is 66.0 Å². The average molecular weight is 557 g/mol. The quantitative estimate of drug-likeness (QED) is 0.381. The first-order chi connectivity index (χ1) is 14.0. The summed E-state index contributed by atoms with van der Waals surface area (Å²) in [5.41, 5.74) is 7.36. The van der Waals surface area contributed by atoms with Gasteiger partial charge in [0.1, 0.15) is 5.75 Å². The highest BCUT2D eigenvalue weighted by Gasteiger charge is 2.18. The van der Waals surface area contributed by atoms with Gasteiger partial charge in [-0.25, -0.2) is 0 Å². The van der Waals surface area contributed by atoms with E-state index < -0.39 is 5.91 Å². The lowest BCUT2D eigenvalue weighted by atomic mass is 9.86. The fraction of sp³-hybridized carbons (Fsp3) is 0.286. The molecule has 0 aliphatic rings. The third kappa shape index (κ3) is 7.07. The Morgan fingerprint density at radius 2 is 1.73 bits per heavy atom. The highest BCUT2D eigenvalue weighted by Crippen LogP contribution is 2.30. The fourth-order valence-electron chi connectivity index (χ4n) is 2.49. The minimum Gasteiger partial charge on any atom is -0.484 e. The Morgan fingerprint density at radius 3 is 2.33 bits per heavy atom. The van der Waals surface area contributed by atoms with E-state index in [0.29, 0.717) is 11.3 Å². The van der Waals surface area contributed by atoms with Crippen LogP contribution in [0.3, 0.4) is 0 Å². The maximum Gasteiger partial charge on any atom is 0.276 e. The number of rotatable bonds is 4. The van der Waals surface area contributed by atoms with E-state index in [1.807, 2.05) is 25.1 Å². The second kappa shape index (κ2) is 10.4. The van der Waals surface area contributed by atoms with E-state index in [2.05, 4.69) is 68.8 Å². The third-order valence-corrected chi connectivity index (χ3v) is 5.83. The van der Waals surface area contributed by atoms with Crippen molar-refractivity contribution in [2.45, 2.75) is 33.1 Å². The molecule has 2 rings (SSSR count). The molecule has 0 spiro atoms. The predicted octanol–water partition coefficient (Wildman–Crippen LogP) is 4.53. The van der Waals surface area contributed by atoms with Crippen LogP contribution in [0.4, 0.5) is 0 Å². The lowest BCUT2D eigenvalue weighted by Crippen LogP contribution is -2.49. The summed E-state index contributed by atoms with van der Waals surface area (Å²) in [7, 11) is 0. The molecular formula is C21H23Br2N3O3S. The van der Waals surface area contributed by atoms with Gasteiger partial charge in [-0.1, -0.05) is 58.7 Å². The highest BCUT2D eigenvalue weighted by molar-refractivity contribution is 9.10. The summed E-state index contributed by atoms with van der Waals surface area (Å²) in [6, 6.07) is 10.8. The molecule has 2 aromatic rings. The number of aryl methyl sites for hydroxylation is 1. The van der Waals surface area contributed by atoms with E-state index in [0.717, 1.165) is 20.1 Å². The van der Waals surface area contributed by atoms with Gasteiger partial charge in [0.25, 0.3) is 11.8 Å². The molecule has 0 aromatic heterocycles. The van der Waals surface area contributed by atoms with Crippen molar-refractivity contribution < 1.29 is 14.3 Å². The highest BCUT2D eigenvalue weighted by atomic mass is 79.9. The van der Waals surface area contributed by atoms with Crippen LogP contribution in [0.15, 0.2) is 45.3 Å². The molecule has 0 aliphatic carbocycles. The van der Waals surface area contributed by atoms with Gasteiger partial charge >= 0.3 is 0 Å². The van der Waals surface area contributed by atoms with Crippen LogP contribution in [0.5, 0.6) is 5.75 Å². The number of hydrogen-bond donors (Lipinski definition) is 3. The minimum absolute atomic E-state index is 0.0242. The Labute approximate surface area is 198 Å². The fourth-order valence-corrected chi connectivity index (χ4v) is 3.85. The average Bonchev–Trinajstić information content (AvgIpc) is 2.66. The molecule has 0 aliphatic heterocycles. The molecular weight excluding hydrogens is 534 g/mol. The minimum atomic E-state index is -0.440. The third-order valence-electron chi connectivity index (χ3n) is 4.08. The van der Waals surface area contributed by atoms with Crippen molar-refractivity contribution in [1.29, 1.82) is 0 Å². The molecule has 2 aromatic carbocycles. The number of hydrogen-bond acceptors (Lipinski definition) is 4. The summed E-state index contributed by atoms with van der Waals surface area (Å²) >= 11 is 12.0. The Hall–Kier alpha value is -1.97. The molecule has 0 fully saturated rings. The van der Waals surface area contributed by atoms with E-state index in [9.17, 15) is 9.59 Å². The lowest BCUT2D eigenvalue weighted by Gasteiger charge is -2.21. The van der Waals surface area contributed by atoms with Crippen LogP contribution < -0.4 is 20.9 Å². The van der Waals surface area contributed by atoms with Crippen LogP contribution in [0.1, 0.15) is 42.3 Å². The Morgan fingerprint density at radius 1 is 1.03 bits per heavy atom. The van der Waals surface area contributed by atoms with Gasteiger partial charge in [-0.15, -0.1) is 0 Å². The van der Waals surface area contributed by atoms with E-state index in [4.69, 9.17) is 17.0 Å². The summed E-state index contributed by atoms with van der Waals surface area (Å²) in [6.45, 7) is 8.00. The van der Waals surface area contributed by atoms with Crippen molar-refractivity contribution in [3.8, 4) is 5.75 Å². The summed E-state index contributed by atoms with van der Waals surface area (Å²) in [4.78, 5) is 24.3. The Bertz CT molecular complexity index is 974. The number of carbonyl (C=O) groups is 2. The van der Waals surface area contributed by atoms with Crippen molar-refractivity contribution in [1.82, 2.24) is 16.2 Å². The van der Waals surface area contributed by atoms with Crippen LogP contribution in [0.2, 0.25) is 0 Å². The molecule has 30 heavy (non-hydrogen) atoms. The second-order valence-electron chi connectivity index (χ2n) is 7.60. The summed E-state index contributed by atoms with van der Waals surface area (Å²) < 4.78 is 7.23. The number of nitrogens with one attached hydrogen (secondary N) is 3. The number of halogens is 2. The zero-order valence-corrected chi connectivity index (χ0v) is 21.0.